The van der Waals surface area contributed by atoms with Gasteiger partial charge in [-0.1, -0.05) is 12.1 Å². The molecule has 0 aliphatic rings. The molecule has 1 heterocycles. The molecule has 0 aliphatic heterocycles. The van der Waals surface area contributed by atoms with E-state index in [1.165, 1.54) is 20.3 Å². The molecule has 0 aliphatic carbocycles. The lowest BCUT2D eigenvalue weighted by Crippen LogP contribution is -2.15. The number of esters is 2. The van der Waals surface area contributed by atoms with Gasteiger partial charge in [0, 0.05) is 5.56 Å². The van der Waals surface area contributed by atoms with Crippen LogP contribution in [-0.4, -0.2) is 38.3 Å². The van der Waals surface area contributed by atoms with Crippen molar-refractivity contribution in [3.8, 4) is 17.0 Å². The number of benzene rings is 1. The van der Waals surface area contributed by atoms with Crippen LogP contribution in [-0.2, 0) is 9.47 Å². The molecule has 23 heavy (non-hydrogen) atoms. The second-order valence-electron chi connectivity index (χ2n) is 4.73. The van der Waals surface area contributed by atoms with Gasteiger partial charge in [0.1, 0.15) is 5.75 Å². The van der Waals surface area contributed by atoms with Gasteiger partial charge in [-0.2, -0.15) is 0 Å². The van der Waals surface area contributed by atoms with Crippen LogP contribution in [0.15, 0.2) is 30.3 Å². The second-order valence-corrected chi connectivity index (χ2v) is 4.73. The van der Waals surface area contributed by atoms with Crippen LogP contribution in [0, 0.1) is 6.92 Å². The fraction of sp³-hybridized carbons (Fsp3) is 0.235. The van der Waals surface area contributed by atoms with Crippen LogP contribution in [0.2, 0.25) is 0 Å². The predicted octanol–water partition coefficient (Wildman–Crippen LogP) is 2.64. The average molecular weight is 315 g/mol. The third-order valence-corrected chi connectivity index (χ3v) is 3.36. The summed E-state index contributed by atoms with van der Waals surface area (Å²) in [5, 5.41) is 0. The summed E-state index contributed by atoms with van der Waals surface area (Å²) < 4.78 is 14.7. The van der Waals surface area contributed by atoms with E-state index < -0.39 is 11.9 Å². The van der Waals surface area contributed by atoms with Gasteiger partial charge >= 0.3 is 11.9 Å². The van der Waals surface area contributed by atoms with Gasteiger partial charge in [-0.25, -0.2) is 9.59 Å². The van der Waals surface area contributed by atoms with Crippen molar-refractivity contribution in [2.75, 3.05) is 21.3 Å². The number of methoxy groups -OCH3 is 3. The van der Waals surface area contributed by atoms with Gasteiger partial charge in [0.15, 0.2) is 0 Å². The van der Waals surface area contributed by atoms with Crippen LogP contribution < -0.4 is 4.74 Å². The molecule has 0 fully saturated rings. The molecule has 2 rings (SSSR count). The summed E-state index contributed by atoms with van der Waals surface area (Å²) in [5.74, 6) is -0.591. The first kappa shape index (κ1) is 16.5. The van der Waals surface area contributed by atoms with Crippen LogP contribution in [0.3, 0.4) is 0 Å². The summed E-state index contributed by atoms with van der Waals surface area (Å²) in [6.45, 7) is 1.64. The summed E-state index contributed by atoms with van der Waals surface area (Å²) in [7, 11) is 4.07. The minimum absolute atomic E-state index is 0.103. The molecule has 6 heteroatoms. The van der Waals surface area contributed by atoms with E-state index in [0.29, 0.717) is 17.1 Å². The van der Waals surface area contributed by atoms with Gasteiger partial charge in [-0.3, -0.25) is 4.98 Å². The zero-order chi connectivity index (χ0) is 17.0. The third kappa shape index (κ3) is 3.31. The zero-order valence-corrected chi connectivity index (χ0v) is 13.4. The fourth-order valence-electron chi connectivity index (χ4n) is 2.23. The molecule has 0 saturated carbocycles. The van der Waals surface area contributed by atoms with E-state index in [0.717, 1.165) is 5.56 Å². The first-order valence-corrected chi connectivity index (χ1v) is 6.84. The van der Waals surface area contributed by atoms with E-state index in [2.05, 4.69) is 4.98 Å². The maximum absolute atomic E-state index is 12.0. The Hall–Kier alpha value is -2.89. The molecule has 6 nitrogen and oxygen atoms in total. The minimum atomic E-state index is -0.632. The number of rotatable bonds is 4. The maximum atomic E-state index is 12.0. The molecule has 0 spiro atoms. The Morgan fingerprint density at radius 1 is 1.00 bits per heavy atom. The quantitative estimate of drug-likeness (QED) is 0.807. The smallest absolute Gasteiger partial charge is 0.340 e. The first-order valence-electron chi connectivity index (χ1n) is 6.84. The Labute approximate surface area is 134 Å². The topological polar surface area (TPSA) is 74.7 Å². The van der Waals surface area contributed by atoms with Crippen molar-refractivity contribution >= 4 is 11.9 Å². The van der Waals surface area contributed by atoms with E-state index in [1.54, 1.807) is 26.2 Å². The summed E-state index contributed by atoms with van der Waals surface area (Å²) >= 11 is 0. The first-order chi connectivity index (χ1) is 11.0. The molecule has 1 aromatic heterocycles. The predicted molar refractivity (Wildman–Crippen MR) is 83.6 cm³/mol. The van der Waals surface area contributed by atoms with Crippen molar-refractivity contribution in [2.45, 2.75) is 6.92 Å². The molecule has 1 aromatic carbocycles. The highest BCUT2D eigenvalue weighted by atomic mass is 16.5. The lowest BCUT2D eigenvalue weighted by Gasteiger charge is -2.12. The van der Waals surface area contributed by atoms with Gasteiger partial charge in [0.2, 0.25) is 0 Å². The normalized spacial score (nSPS) is 10.1. The largest absolute Gasteiger partial charge is 0.497 e. The summed E-state index contributed by atoms with van der Waals surface area (Å²) in [6.07, 6.45) is 0. The molecule has 0 bridgehead atoms. The van der Waals surface area contributed by atoms with Crippen LogP contribution in [0.1, 0.15) is 26.4 Å². The van der Waals surface area contributed by atoms with E-state index in [-0.39, 0.29) is 11.1 Å². The van der Waals surface area contributed by atoms with Crippen molar-refractivity contribution in [3.63, 3.8) is 0 Å². The number of nitrogens with zero attached hydrogens (tertiary/aromatic N) is 1. The number of hydrogen-bond donors (Lipinski definition) is 0. The monoisotopic (exact) mass is 315 g/mol. The Bertz CT molecular complexity index is 755. The van der Waals surface area contributed by atoms with Crippen molar-refractivity contribution in [1.29, 1.82) is 0 Å². The second kappa shape index (κ2) is 6.91. The third-order valence-electron chi connectivity index (χ3n) is 3.36. The Balaban J connectivity index is 2.65. The zero-order valence-electron chi connectivity index (χ0n) is 13.4. The van der Waals surface area contributed by atoms with E-state index in [9.17, 15) is 9.59 Å². The van der Waals surface area contributed by atoms with Gasteiger partial charge in [-0.15, -0.1) is 0 Å². The molecule has 0 radical (unpaired) electrons. The lowest BCUT2D eigenvalue weighted by atomic mass is 10.0. The van der Waals surface area contributed by atoms with Crippen molar-refractivity contribution in [3.05, 3.63) is 47.2 Å². The van der Waals surface area contributed by atoms with E-state index >= 15 is 0 Å². The van der Waals surface area contributed by atoms with Crippen LogP contribution in [0.5, 0.6) is 5.75 Å². The van der Waals surface area contributed by atoms with E-state index in [4.69, 9.17) is 14.2 Å². The highest BCUT2D eigenvalue weighted by Crippen LogP contribution is 2.26. The minimum Gasteiger partial charge on any atom is -0.497 e. The summed E-state index contributed by atoms with van der Waals surface area (Å²) in [6, 6.07) is 8.77. The summed E-state index contributed by atoms with van der Waals surface area (Å²) in [4.78, 5) is 28.4. The molecule has 2 aromatic rings. The molecular formula is C17H17NO5. The number of hydrogen-bond acceptors (Lipinski definition) is 6. The number of aromatic nitrogens is 1. The molecular weight excluding hydrogens is 298 g/mol. The molecule has 0 N–H and O–H groups in total. The van der Waals surface area contributed by atoms with Crippen molar-refractivity contribution < 1.29 is 23.8 Å². The maximum Gasteiger partial charge on any atom is 0.340 e. The molecule has 120 valence electrons. The Morgan fingerprint density at radius 3 is 2.30 bits per heavy atom. The van der Waals surface area contributed by atoms with Crippen molar-refractivity contribution in [2.24, 2.45) is 0 Å². The lowest BCUT2D eigenvalue weighted by molar-refractivity contribution is 0.0554. The number of ether oxygens (including phenoxy) is 3. The molecule has 0 amide bonds. The summed E-state index contributed by atoms with van der Waals surface area (Å²) in [5.41, 5.74) is 1.90. The molecule has 0 saturated heterocycles. The van der Waals surface area contributed by atoms with Crippen LogP contribution in [0.25, 0.3) is 11.3 Å². The molecule has 0 unspecified atom stereocenters. The number of aryl methyl sites for hydroxylation is 1. The van der Waals surface area contributed by atoms with Gasteiger partial charge in [0.05, 0.1) is 43.8 Å². The highest BCUT2D eigenvalue weighted by molar-refractivity contribution is 6.04. The molecule has 0 atom stereocenters. The standard InChI is InChI=1S/C17H17NO5/c1-10-15(17(20)23-4)13(16(19)22-3)9-14(18-10)11-6-5-7-12(8-11)21-2/h5-9H,1-4H3. The van der Waals surface area contributed by atoms with Gasteiger partial charge < -0.3 is 14.2 Å². The Kier molecular flexibility index (Phi) is 4.95. The van der Waals surface area contributed by atoms with E-state index in [1.807, 2.05) is 12.1 Å². The van der Waals surface area contributed by atoms with Crippen molar-refractivity contribution in [1.82, 2.24) is 4.98 Å². The van der Waals surface area contributed by atoms with Gasteiger partial charge in [0.25, 0.3) is 0 Å². The highest BCUT2D eigenvalue weighted by Gasteiger charge is 2.23. The number of carbonyl (C=O) groups excluding carboxylic acids is 2. The van der Waals surface area contributed by atoms with Gasteiger partial charge in [-0.05, 0) is 25.1 Å². The fourth-order valence-corrected chi connectivity index (χ4v) is 2.23. The number of carbonyl (C=O) groups is 2. The Morgan fingerprint density at radius 2 is 1.70 bits per heavy atom. The average Bonchev–Trinajstić information content (AvgIpc) is 2.59. The number of pyridine rings is 1. The van der Waals surface area contributed by atoms with Crippen LogP contribution >= 0.6 is 0 Å². The SMILES string of the molecule is COC(=O)c1cc(-c2cccc(OC)c2)nc(C)c1C(=O)OC. The van der Waals surface area contributed by atoms with Crippen LogP contribution in [0.4, 0.5) is 0 Å².